The highest BCUT2D eigenvalue weighted by Crippen LogP contribution is 2.25. The van der Waals surface area contributed by atoms with Gasteiger partial charge in [-0.1, -0.05) is 6.07 Å². The topological polar surface area (TPSA) is 105 Å². The molecule has 3 rings (SSSR count). The van der Waals surface area contributed by atoms with Crippen molar-refractivity contribution in [3.63, 3.8) is 0 Å². The van der Waals surface area contributed by atoms with Crippen LogP contribution in [0.25, 0.3) is 0 Å². The summed E-state index contributed by atoms with van der Waals surface area (Å²) in [5.74, 6) is 0.334. The van der Waals surface area contributed by atoms with Gasteiger partial charge in [0.15, 0.2) is 0 Å². The zero-order chi connectivity index (χ0) is 23.3. The van der Waals surface area contributed by atoms with Crippen LogP contribution in [-0.4, -0.2) is 63.1 Å². The maximum Gasteiger partial charge on any atom is 0.255 e. The van der Waals surface area contributed by atoms with Crippen LogP contribution in [0.2, 0.25) is 0 Å². The number of nitrogens with zero attached hydrogens (tertiary/aromatic N) is 1. The first-order chi connectivity index (χ1) is 15.2. The molecule has 32 heavy (non-hydrogen) atoms. The van der Waals surface area contributed by atoms with Crippen molar-refractivity contribution in [1.82, 2.24) is 9.62 Å². The van der Waals surface area contributed by atoms with E-state index in [-0.39, 0.29) is 29.9 Å². The van der Waals surface area contributed by atoms with Gasteiger partial charge in [0.05, 0.1) is 17.4 Å². The minimum absolute atomic E-state index is 0.0602. The SMILES string of the molecule is COCCNS(=O)(=O)c1ccc(C(=O)N2CSCC2C(=O)Nc2ccc(C)c(C)c2)cc1. The lowest BCUT2D eigenvalue weighted by Crippen LogP contribution is -2.44. The first-order valence-electron chi connectivity index (χ1n) is 10.1. The van der Waals surface area contributed by atoms with Gasteiger partial charge < -0.3 is 15.0 Å². The summed E-state index contributed by atoms with van der Waals surface area (Å²) in [5, 5.41) is 2.90. The highest BCUT2D eigenvalue weighted by Gasteiger charge is 2.35. The molecule has 0 bridgehead atoms. The van der Waals surface area contributed by atoms with Gasteiger partial charge in [-0.05, 0) is 61.4 Å². The Balaban J connectivity index is 1.69. The summed E-state index contributed by atoms with van der Waals surface area (Å²) >= 11 is 1.50. The van der Waals surface area contributed by atoms with Crippen molar-refractivity contribution in [1.29, 1.82) is 0 Å². The van der Waals surface area contributed by atoms with Crippen molar-refractivity contribution in [2.45, 2.75) is 24.8 Å². The molecule has 172 valence electrons. The van der Waals surface area contributed by atoms with Crippen LogP contribution >= 0.6 is 11.8 Å². The fourth-order valence-corrected chi connectivity index (χ4v) is 5.38. The minimum atomic E-state index is -3.68. The van der Waals surface area contributed by atoms with Crippen LogP contribution in [0.15, 0.2) is 47.4 Å². The van der Waals surface area contributed by atoms with E-state index < -0.39 is 16.1 Å². The number of thioether (sulfide) groups is 1. The summed E-state index contributed by atoms with van der Waals surface area (Å²) in [6.45, 7) is 4.39. The standard InChI is InChI=1S/C22H27N3O5S2/c1-15-4-7-18(12-16(15)2)24-21(26)20-13-31-14-25(20)22(27)17-5-8-19(9-6-17)32(28,29)23-10-11-30-3/h4-9,12,20,23H,10-11,13-14H2,1-3H3,(H,24,26). The van der Waals surface area contributed by atoms with Crippen molar-refractivity contribution < 1.29 is 22.7 Å². The number of benzene rings is 2. The van der Waals surface area contributed by atoms with Crippen LogP contribution < -0.4 is 10.0 Å². The van der Waals surface area contributed by atoms with E-state index in [4.69, 9.17) is 4.74 Å². The normalized spacial score (nSPS) is 16.2. The lowest BCUT2D eigenvalue weighted by molar-refractivity contribution is -0.119. The largest absolute Gasteiger partial charge is 0.383 e. The van der Waals surface area contributed by atoms with E-state index in [9.17, 15) is 18.0 Å². The molecule has 0 spiro atoms. The minimum Gasteiger partial charge on any atom is -0.383 e. The average molecular weight is 478 g/mol. The quantitative estimate of drug-likeness (QED) is 0.566. The van der Waals surface area contributed by atoms with E-state index in [0.29, 0.717) is 22.9 Å². The van der Waals surface area contributed by atoms with Crippen molar-refractivity contribution in [3.05, 3.63) is 59.2 Å². The molecule has 1 heterocycles. The molecule has 1 saturated heterocycles. The third kappa shape index (κ3) is 5.69. The number of methoxy groups -OCH3 is 1. The van der Waals surface area contributed by atoms with E-state index >= 15 is 0 Å². The highest BCUT2D eigenvalue weighted by molar-refractivity contribution is 7.99. The fraction of sp³-hybridized carbons (Fsp3) is 0.364. The van der Waals surface area contributed by atoms with Crippen LogP contribution in [0.4, 0.5) is 5.69 Å². The molecule has 0 aromatic heterocycles. The van der Waals surface area contributed by atoms with Crippen LogP contribution in [-0.2, 0) is 19.6 Å². The zero-order valence-corrected chi connectivity index (χ0v) is 19.9. The van der Waals surface area contributed by atoms with E-state index in [2.05, 4.69) is 10.0 Å². The number of carbonyl (C=O) groups excluding carboxylic acids is 2. The third-order valence-corrected chi connectivity index (χ3v) is 7.72. The van der Waals surface area contributed by atoms with Gasteiger partial charge in [-0.3, -0.25) is 9.59 Å². The van der Waals surface area contributed by atoms with Crippen molar-refractivity contribution in [2.75, 3.05) is 37.2 Å². The van der Waals surface area contributed by atoms with Crippen molar-refractivity contribution in [2.24, 2.45) is 0 Å². The molecule has 10 heteroatoms. The Labute approximate surface area is 192 Å². The summed E-state index contributed by atoms with van der Waals surface area (Å²) in [7, 11) is -2.20. The predicted octanol–water partition coefficient (Wildman–Crippen LogP) is 2.38. The Morgan fingerprint density at radius 3 is 2.50 bits per heavy atom. The number of rotatable bonds is 8. The van der Waals surface area contributed by atoms with E-state index in [1.54, 1.807) is 0 Å². The highest BCUT2D eigenvalue weighted by atomic mass is 32.2. The van der Waals surface area contributed by atoms with Crippen molar-refractivity contribution >= 4 is 39.3 Å². The van der Waals surface area contributed by atoms with Crippen LogP contribution in [0.3, 0.4) is 0 Å². The zero-order valence-electron chi connectivity index (χ0n) is 18.3. The molecular formula is C22H27N3O5S2. The maximum absolute atomic E-state index is 13.0. The molecule has 0 saturated carbocycles. The average Bonchev–Trinajstić information content (AvgIpc) is 3.26. The second-order valence-corrected chi connectivity index (χ2v) is 10.3. The summed E-state index contributed by atoms with van der Waals surface area (Å²) in [5.41, 5.74) is 3.23. The number of carbonyl (C=O) groups is 2. The number of anilines is 1. The molecular weight excluding hydrogens is 450 g/mol. The number of ether oxygens (including phenoxy) is 1. The van der Waals surface area contributed by atoms with Crippen molar-refractivity contribution in [3.8, 4) is 0 Å². The molecule has 1 atom stereocenters. The maximum atomic E-state index is 13.0. The number of hydrogen-bond donors (Lipinski definition) is 2. The number of sulfonamides is 1. The molecule has 2 N–H and O–H groups in total. The first-order valence-corrected chi connectivity index (χ1v) is 12.7. The number of nitrogens with one attached hydrogen (secondary N) is 2. The summed E-state index contributed by atoms with van der Waals surface area (Å²) < 4.78 is 31.8. The van der Waals surface area contributed by atoms with E-state index in [1.165, 1.54) is 48.0 Å². The number of amides is 2. The number of hydrogen-bond acceptors (Lipinski definition) is 6. The fourth-order valence-electron chi connectivity index (χ4n) is 3.21. The van der Waals surface area contributed by atoms with Gasteiger partial charge in [-0.25, -0.2) is 13.1 Å². The summed E-state index contributed by atoms with van der Waals surface area (Å²) in [6, 6.07) is 10.8. The summed E-state index contributed by atoms with van der Waals surface area (Å²) in [4.78, 5) is 27.5. The Kier molecular flexibility index (Phi) is 7.94. The molecule has 2 amide bonds. The molecule has 1 unspecified atom stereocenters. The molecule has 1 aliphatic heterocycles. The monoisotopic (exact) mass is 477 g/mol. The Morgan fingerprint density at radius 1 is 1.12 bits per heavy atom. The Bertz CT molecular complexity index is 1090. The molecule has 2 aromatic rings. The van der Waals surface area contributed by atoms with Crippen LogP contribution in [0.1, 0.15) is 21.5 Å². The van der Waals surface area contributed by atoms with Crippen LogP contribution in [0.5, 0.6) is 0 Å². The summed E-state index contributed by atoms with van der Waals surface area (Å²) in [6.07, 6.45) is 0. The predicted molar refractivity (Wildman–Crippen MR) is 125 cm³/mol. The second kappa shape index (κ2) is 10.5. The van der Waals surface area contributed by atoms with Gasteiger partial charge in [0.25, 0.3) is 5.91 Å². The van der Waals surface area contributed by atoms with Gasteiger partial charge in [-0.15, -0.1) is 11.8 Å². The third-order valence-electron chi connectivity index (χ3n) is 5.23. The lowest BCUT2D eigenvalue weighted by atomic mass is 10.1. The van der Waals surface area contributed by atoms with E-state index in [0.717, 1.165) is 11.1 Å². The molecule has 8 nitrogen and oxygen atoms in total. The van der Waals surface area contributed by atoms with E-state index in [1.807, 2.05) is 32.0 Å². The lowest BCUT2D eigenvalue weighted by Gasteiger charge is -2.23. The van der Waals surface area contributed by atoms with Crippen LogP contribution in [0, 0.1) is 13.8 Å². The van der Waals surface area contributed by atoms with Gasteiger partial charge in [-0.2, -0.15) is 0 Å². The van der Waals surface area contributed by atoms with Gasteiger partial charge in [0, 0.05) is 30.7 Å². The van der Waals surface area contributed by atoms with Gasteiger partial charge in [0.2, 0.25) is 15.9 Å². The Hall–Kier alpha value is -2.40. The molecule has 0 radical (unpaired) electrons. The Morgan fingerprint density at radius 2 is 1.84 bits per heavy atom. The first kappa shape index (κ1) is 24.2. The molecule has 1 fully saturated rings. The number of aryl methyl sites for hydroxylation is 2. The second-order valence-electron chi connectivity index (χ2n) is 7.49. The smallest absolute Gasteiger partial charge is 0.255 e. The van der Waals surface area contributed by atoms with Gasteiger partial charge in [0.1, 0.15) is 6.04 Å². The van der Waals surface area contributed by atoms with Gasteiger partial charge >= 0.3 is 0 Å². The molecule has 1 aliphatic rings. The molecule has 0 aliphatic carbocycles. The molecule has 2 aromatic carbocycles.